The van der Waals surface area contributed by atoms with Gasteiger partial charge in [0, 0.05) is 13.1 Å². The number of hydrogen-bond acceptors (Lipinski definition) is 4. The van der Waals surface area contributed by atoms with Crippen LogP contribution < -0.4 is 5.32 Å². The van der Waals surface area contributed by atoms with E-state index in [0.29, 0.717) is 6.54 Å². The van der Waals surface area contributed by atoms with Crippen molar-refractivity contribution in [3.8, 4) is 0 Å². The maximum absolute atomic E-state index is 12.1. The first-order valence-electron chi connectivity index (χ1n) is 6.46. The van der Waals surface area contributed by atoms with Crippen LogP contribution in [-0.2, 0) is 6.54 Å². The van der Waals surface area contributed by atoms with Crippen LogP contribution in [0.1, 0.15) is 35.9 Å². The number of aromatic nitrogens is 1. The molecule has 108 valence electrons. The Morgan fingerprint density at radius 1 is 1.40 bits per heavy atom. The van der Waals surface area contributed by atoms with Crippen molar-refractivity contribution in [2.45, 2.75) is 33.4 Å². The van der Waals surface area contributed by atoms with E-state index in [2.05, 4.69) is 10.5 Å². The Morgan fingerprint density at radius 2 is 2.15 bits per heavy atom. The Kier molecular flexibility index (Phi) is 4.12. The van der Waals surface area contributed by atoms with Crippen molar-refractivity contribution in [2.24, 2.45) is 0 Å². The molecule has 0 bridgehead atoms. The third-order valence-electron chi connectivity index (χ3n) is 2.95. The highest BCUT2D eigenvalue weighted by atomic mass is 16.5. The maximum Gasteiger partial charge on any atom is 0.318 e. The third-order valence-corrected chi connectivity index (χ3v) is 2.95. The van der Waals surface area contributed by atoms with E-state index >= 15 is 0 Å². The van der Waals surface area contributed by atoms with Crippen molar-refractivity contribution >= 4 is 6.03 Å². The molecule has 2 rings (SSSR count). The van der Waals surface area contributed by atoms with E-state index in [1.165, 1.54) is 0 Å². The molecular formula is C14H19N3O3. The largest absolute Gasteiger partial charge is 0.464 e. The van der Waals surface area contributed by atoms with Crippen LogP contribution in [0.15, 0.2) is 27.1 Å². The molecule has 20 heavy (non-hydrogen) atoms. The normalized spacial score (nSPS) is 12.2. The highest BCUT2D eigenvalue weighted by Gasteiger charge is 2.16. The van der Waals surface area contributed by atoms with Gasteiger partial charge in [-0.25, -0.2) is 4.79 Å². The van der Waals surface area contributed by atoms with Gasteiger partial charge in [0.05, 0.1) is 12.6 Å². The number of furan rings is 1. The monoisotopic (exact) mass is 277 g/mol. The fourth-order valence-electron chi connectivity index (χ4n) is 1.86. The smallest absolute Gasteiger partial charge is 0.318 e. The molecule has 0 aliphatic carbocycles. The van der Waals surface area contributed by atoms with Crippen LogP contribution >= 0.6 is 0 Å². The SMILES string of the molecule is Cc1cc(CN(C)C(=O)NC(C)c2ccc(C)o2)no1. The lowest BCUT2D eigenvalue weighted by Crippen LogP contribution is -2.38. The van der Waals surface area contributed by atoms with Crippen molar-refractivity contribution in [3.05, 3.63) is 41.2 Å². The fourth-order valence-corrected chi connectivity index (χ4v) is 1.86. The molecule has 1 atom stereocenters. The second kappa shape index (κ2) is 5.81. The standard InChI is InChI=1S/C14H19N3O3/c1-9-5-6-13(19-9)11(3)15-14(18)17(4)8-12-7-10(2)20-16-12/h5-7,11H,8H2,1-4H3,(H,15,18). The van der Waals surface area contributed by atoms with Gasteiger partial charge in [-0.05, 0) is 32.9 Å². The Balaban J connectivity index is 1.90. The fraction of sp³-hybridized carbons (Fsp3) is 0.429. The molecule has 1 unspecified atom stereocenters. The lowest BCUT2D eigenvalue weighted by molar-refractivity contribution is 0.200. The Bertz CT molecular complexity index is 588. The minimum Gasteiger partial charge on any atom is -0.464 e. The molecule has 2 aromatic heterocycles. The zero-order valence-corrected chi connectivity index (χ0v) is 12.1. The van der Waals surface area contributed by atoms with Gasteiger partial charge in [-0.3, -0.25) is 0 Å². The number of nitrogens with one attached hydrogen (secondary N) is 1. The average molecular weight is 277 g/mol. The number of rotatable bonds is 4. The van der Waals surface area contributed by atoms with E-state index < -0.39 is 0 Å². The number of nitrogens with zero attached hydrogens (tertiary/aromatic N) is 2. The number of carbonyl (C=O) groups excluding carboxylic acids is 1. The highest BCUT2D eigenvalue weighted by molar-refractivity contribution is 5.74. The van der Waals surface area contributed by atoms with Crippen molar-refractivity contribution in [1.29, 1.82) is 0 Å². The van der Waals surface area contributed by atoms with E-state index in [9.17, 15) is 4.79 Å². The number of amides is 2. The molecule has 2 heterocycles. The van der Waals surface area contributed by atoms with Gasteiger partial charge in [0.25, 0.3) is 0 Å². The first kappa shape index (κ1) is 14.2. The molecule has 6 heteroatoms. The second-order valence-electron chi connectivity index (χ2n) is 4.90. The summed E-state index contributed by atoms with van der Waals surface area (Å²) in [5.74, 6) is 2.29. The van der Waals surface area contributed by atoms with Crippen LogP contribution in [0.4, 0.5) is 4.79 Å². The number of urea groups is 1. The first-order valence-corrected chi connectivity index (χ1v) is 6.46. The lowest BCUT2D eigenvalue weighted by Gasteiger charge is -2.19. The molecule has 0 saturated carbocycles. The van der Waals surface area contributed by atoms with Crippen LogP contribution in [0, 0.1) is 13.8 Å². The summed E-state index contributed by atoms with van der Waals surface area (Å²) in [6.45, 7) is 5.96. The highest BCUT2D eigenvalue weighted by Crippen LogP contribution is 2.16. The summed E-state index contributed by atoms with van der Waals surface area (Å²) in [5.41, 5.74) is 0.724. The molecule has 0 aliphatic rings. The van der Waals surface area contributed by atoms with E-state index in [-0.39, 0.29) is 12.1 Å². The molecule has 0 spiro atoms. The topological polar surface area (TPSA) is 71.5 Å². The van der Waals surface area contributed by atoms with Crippen LogP contribution in [0.25, 0.3) is 0 Å². The second-order valence-corrected chi connectivity index (χ2v) is 4.90. The Hall–Kier alpha value is -2.24. The van der Waals surface area contributed by atoms with Gasteiger partial charge in [0.15, 0.2) is 0 Å². The molecule has 2 amide bonds. The summed E-state index contributed by atoms with van der Waals surface area (Å²) < 4.78 is 10.5. The molecule has 2 aromatic rings. The summed E-state index contributed by atoms with van der Waals surface area (Å²) in [5, 5.41) is 6.73. The quantitative estimate of drug-likeness (QED) is 0.932. The number of aryl methyl sites for hydroxylation is 2. The van der Waals surface area contributed by atoms with Crippen molar-refractivity contribution in [2.75, 3.05) is 7.05 Å². The molecule has 0 aromatic carbocycles. The van der Waals surface area contributed by atoms with Crippen molar-refractivity contribution in [3.63, 3.8) is 0 Å². The summed E-state index contributed by atoms with van der Waals surface area (Å²) in [6.07, 6.45) is 0. The molecular weight excluding hydrogens is 258 g/mol. The zero-order valence-electron chi connectivity index (χ0n) is 12.1. The minimum atomic E-state index is -0.188. The molecule has 0 aliphatic heterocycles. The van der Waals surface area contributed by atoms with E-state index in [4.69, 9.17) is 8.94 Å². The summed E-state index contributed by atoms with van der Waals surface area (Å²) in [4.78, 5) is 13.6. The summed E-state index contributed by atoms with van der Waals surface area (Å²) in [7, 11) is 1.71. The maximum atomic E-state index is 12.1. The third kappa shape index (κ3) is 3.40. The van der Waals surface area contributed by atoms with Crippen molar-refractivity contribution < 1.29 is 13.7 Å². The Morgan fingerprint density at radius 3 is 2.70 bits per heavy atom. The average Bonchev–Trinajstić information content (AvgIpc) is 2.98. The molecule has 1 N–H and O–H groups in total. The van der Waals surface area contributed by atoms with Gasteiger partial charge < -0.3 is 19.2 Å². The Labute approximate surface area is 117 Å². The number of hydrogen-bond donors (Lipinski definition) is 1. The van der Waals surface area contributed by atoms with E-state index in [1.807, 2.05) is 39.0 Å². The van der Waals surface area contributed by atoms with Gasteiger partial charge in [-0.1, -0.05) is 5.16 Å². The van der Waals surface area contributed by atoms with E-state index in [1.54, 1.807) is 11.9 Å². The molecule has 0 saturated heterocycles. The van der Waals surface area contributed by atoms with Gasteiger partial charge in [-0.15, -0.1) is 0 Å². The predicted molar refractivity (Wildman–Crippen MR) is 73.1 cm³/mol. The van der Waals surface area contributed by atoms with Crippen LogP contribution in [0.3, 0.4) is 0 Å². The number of carbonyl (C=O) groups is 1. The van der Waals surface area contributed by atoms with Gasteiger partial charge in [0.2, 0.25) is 0 Å². The zero-order chi connectivity index (χ0) is 14.7. The predicted octanol–water partition coefficient (Wildman–Crippen LogP) is 2.79. The minimum absolute atomic E-state index is 0.183. The van der Waals surface area contributed by atoms with Crippen LogP contribution in [0.5, 0.6) is 0 Å². The van der Waals surface area contributed by atoms with Crippen LogP contribution in [-0.4, -0.2) is 23.1 Å². The molecule has 0 fully saturated rings. The molecule has 0 radical (unpaired) electrons. The van der Waals surface area contributed by atoms with E-state index in [0.717, 1.165) is 23.0 Å². The summed E-state index contributed by atoms with van der Waals surface area (Å²) in [6, 6.07) is 5.18. The lowest BCUT2D eigenvalue weighted by atomic mass is 10.2. The van der Waals surface area contributed by atoms with Gasteiger partial charge in [-0.2, -0.15) is 0 Å². The first-order chi connectivity index (χ1) is 9.45. The summed E-state index contributed by atoms with van der Waals surface area (Å²) >= 11 is 0. The molecule has 6 nitrogen and oxygen atoms in total. The van der Waals surface area contributed by atoms with Crippen molar-refractivity contribution in [1.82, 2.24) is 15.4 Å². The van der Waals surface area contributed by atoms with Crippen LogP contribution in [0.2, 0.25) is 0 Å². The van der Waals surface area contributed by atoms with Gasteiger partial charge >= 0.3 is 6.03 Å². The van der Waals surface area contributed by atoms with Gasteiger partial charge in [0.1, 0.15) is 23.0 Å².